The standard InChI is InChI=1S/C18H14Cl2N4O/c19-12-6-8-15(20)16(10-12)24-17-9-7-14(11-21-17)23-18(25)22-13-4-2-1-3-5-13/h1-11H,(H,21,24)(H2,22,23,25). The monoisotopic (exact) mass is 372 g/mol. The Hall–Kier alpha value is -2.76. The maximum absolute atomic E-state index is 11.9. The number of hydrogen-bond donors (Lipinski definition) is 3. The van der Waals surface area contributed by atoms with E-state index in [9.17, 15) is 4.79 Å². The van der Waals surface area contributed by atoms with E-state index in [1.807, 2.05) is 18.2 Å². The first kappa shape index (κ1) is 17.1. The van der Waals surface area contributed by atoms with Crippen LogP contribution in [0.25, 0.3) is 0 Å². The molecule has 0 fully saturated rings. The molecule has 7 heteroatoms. The lowest BCUT2D eigenvalue weighted by atomic mass is 10.3. The third kappa shape index (κ3) is 4.86. The van der Waals surface area contributed by atoms with E-state index in [-0.39, 0.29) is 6.03 Å². The first-order valence-electron chi connectivity index (χ1n) is 7.41. The number of hydrogen-bond acceptors (Lipinski definition) is 3. The quantitative estimate of drug-likeness (QED) is 0.543. The van der Waals surface area contributed by atoms with Gasteiger partial charge in [-0.15, -0.1) is 0 Å². The van der Waals surface area contributed by atoms with Crippen LogP contribution < -0.4 is 16.0 Å². The van der Waals surface area contributed by atoms with Crippen LogP contribution in [0, 0.1) is 0 Å². The summed E-state index contributed by atoms with van der Waals surface area (Å²) in [6.45, 7) is 0. The summed E-state index contributed by atoms with van der Waals surface area (Å²) in [6, 6.07) is 17.4. The average molecular weight is 373 g/mol. The molecule has 0 radical (unpaired) electrons. The number of carbonyl (C=O) groups excluding carboxylic acids is 1. The van der Waals surface area contributed by atoms with E-state index in [0.717, 1.165) is 0 Å². The number of pyridine rings is 1. The van der Waals surface area contributed by atoms with Crippen LogP contribution in [0.4, 0.5) is 27.7 Å². The molecule has 0 unspecified atom stereocenters. The largest absolute Gasteiger partial charge is 0.339 e. The Morgan fingerprint density at radius 1 is 0.880 bits per heavy atom. The highest BCUT2D eigenvalue weighted by Crippen LogP contribution is 2.28. The molecule has 0 atom stereocenters. The molecule has 0 aliphatic carbocycles. The lowest BCUT2D eigenvalue weighted by Gasteiger charge is -2.10. The summed E-state index contributed by atoms with van der Waals surface area (Å²) in [5.41, 5.74) is 1.93. The van der Waals surface area contributed by atoms with E-state index >= 15 is 0 Å². The molecule has 0 saturated heterocycles. The van der Waals surface area contributed by atoms with Crippen molar-refractivity contribution in [2.75, 3.05) is 16.0 Å². The van der Waals surface area contributed by atoms with Crippen LogP contribution in [0.3, 0.4) is 0 Å². The molecule has 3 aromatic rings. The molecule has 0 aliphatic heterocycles. The predicted molar refractivity (Wildman–Crippen MR) is 103 cm³/mol. The maximum Gasteiger partial charge on any atom is 0.323 e. The van der Waals surface area contributed by atoms with Crippen molar-refractivity contribution in [2.45, 2.75) is 0 Å². The molecule has 3 N–H and O–H groups in total. The van der Waals surface area contributed by atoms with E-state index in [1.165, 1.54) is 0 Å². The van der Waals surface area contributed by atoms with Crippen molar-refractivity contribution in [3.63, 3.8) is 0 Å². The normalized spacial score (nSPS) is 10.2. The number of rotatable bonds is 4. The SMILES string of the molecule is O=C(Nc1ccccc1)Nc1ccc(Nc2cc(Cl)ccc2Cl)nc1. The average Bonchev–Trinajstić information content (AvgIpc) is 2.61. The number of para-hydroxylation sites is 1. The number of nitrogens with one attached hydrogen (secondary N) is 3. The minimum atomic E-state index is -0.341. The molecular formula is C18H14Cl2N4O. The van der Waals surface area contributed by atoms with Crippen LogP contribution in [-0.2, 0) is 0 Å². The van der Waals surface area contributed by atoms with Crippen molar-refractivity contribution in [3.05, 3.63) is 76.9 Å². The predicted octanol–water partition coefficient (Wildman–Crippen LogP) is 5.78. The molecule has 0 aliphatic rings. The number of amides is 2. The highest BCUT2D eigenvalue weighted by atomic mass is 35.5. The van der Waals surface area contributed by atoms with Gasteiger partial charge in [0, 0.05) is 10.7 Å². The Bertz CT molecular complexity index is 870. The number of halogens is 2. The minimum absolute atomic E-state index is 0.341. The first-order chi connectivity index (χ1) is 12.1. The van der Waals surface area contributed by atoms with Crippen LogP contribution in [0.15, 0.2) is 66.9 Å². The van der Waals surface area contributed by atoms with Crippen LogP contribution in [-0.4, -0.2) is 11.0 Å². The number of nitrogens with zero attached hydrogens (tertiary/aromatic N) is 1. The van der Waals surface area contributed by atoms with Crippen LogP contribution in [0.5, 0.6) is 0 Å². The van der Waals surface area contributed by atoms with Crippen molar-refractivity contribution < 1.29 is 4.79 Å². The van der Waals surface area contributed by atoms with Gasteiger partial charge in [-0.05, 0) is 42.5 Å². The number of aromatic nitrogens is 1. The summed E-state index contributed by atoms with van der Waals surface area (Å²) >= 11 is 12.1. The van der Waals surface area contributed by atoms with Gasteiger partial charge >= 0.3 is 6.03 Å². The highest BCUT2D eigenvalue weighted by molar-refractivity contribution is 6.35. The third-order valence-corrected chi connectivity index (χ3v) is 3.81. The molecular weight excluding hydrogens is 359 g/mol. The summed E-state index contributed by atoms with van der Waals surface area (Å²) in [5, 5.41) is 9.63. The van der Waals surface area contributed by atoms with Crippen molar-refractivity contribution in [2.24, 2.45) is 0 Å². The number of benzene rings is 2. The van der Waals surface area contributed by atoms with Gasteiger partial charge in [-0.2, -0.15) is 0 Å². The Balaban J connectivity index is 1.62. The summed E-state index contributed by atoms with van der Waals surface area (Å²) in [7, 11) is 0. The van der Waals surface area contributed by atoms with Crippen LogP contribution in [0.2, 0.25) is 10.0 Å². The number of anilines is 4. The molecule has 2 amide bonds. The Morgan fingerprint density at radius 3 is 2.36 bits per heavy atom. The second-order valence-electron chi connectivity index (χ2n) is 5.13. The Kier molecular flexibility index (Phi) is 5.38. The van der Waals surface area contributed by atoms with E-state index in [1.54, 1.807) is 48.7 Å². The zero-order chi connectivity index (χ0) is 17.6. The van der Waals surface area contributed by atoms with Gasteiger partial charge in [-0.3, -0.25) is 0 Å². The fourth-order valence-electron chi connectivity index (χ4n) is 2.09. The molecule has 0 bridgehead atoms. The molecule has 25 heavy (non-hydrogen) atoms. The highest BCUT2D eigenvalue weighted by Gasteiger charge is 2.05. The van der Waals surface area contributed by atoms with Gasteiger partial charge in [0.05, 0.1) is 22.6 Å². The molecule has 1 heterocycles. The number of urea groups is 1. The number of carbonyl (C=O) groups is 1. The van der Waals surface area contributed by atoms with Crippen molar-refractivity contribution >= 4 is 52.1 Å². The summed E-state index contributed by atoms with van der Waals surface area (Å²) in [5.74, 6) is 0.582. The zero-order valence-corrected chi connectivity index (χ0v) is 14.5. The van der Waals surface area contributed by atoms with E-state index in [0.29, 0.717) is 32.9 Å². The smallest absolute Gasteiger partial charge is 0.323 e. The van der Waals surface area contributed by atoms with Crippen LogP contribution >= 0.6 is 23.2 Å². The summed E-state index contributed by atoms with van der Waals surface area (Å²) in [6.07, 6.45) is 1.55. The molecule has 126 valence electrons. The van der Waals surface area contributed by atoms with Gasteiger partial charge in [0.1, 0.15) is 5.82 Å². The molecule has 3 rings (SSSR count). The topological polar surface area (TPSA) is 66.1 Å². The summed E-state index contributed by atoms with van der Waals surface area (Å²) in [4.78, 5) is 16.2. The van der Waals surface area contributed by atoms with Gasteiger partial charge in [0.25, 0.3) is 0 Å². The first-order valence-corrected chi connectivity index (χ1v) is 8.17. The maximum atomic E-state index is 11.9. The minimum Gasteiger partial charge on any atom is -0.339 e. The molecule has 1 aromatic heterocycles. The lowest BCUT2D eigenvalue weighted by molar-refractivity contribution is 0.262. The van der Waals surface area contributed by atoms with Gasteiger partial charge in [0.2, 0.25) is 0 Å². The lowest BCUT2D eigenvalue weighted by Crippen LogP contribution is -2.19. The zero-order valence-electron chi connectivity index (χ0n) is 13.0. The van der Waals surface area contributed by atoms with Crippen molar-refractivity contribution in [3.8, 4) is 0 Å². The molecule has 0 saturated carbocycles. The molecule has 0 spiro atoms. The molecule has 5 nitrogen and oxygen atoms in total. The second-order valence-corrected chi connectivity index (χ2v) is 5.97. The van der Waals surface area contributed by atoms with Gasteiger partial charge in [0.15, 0.2) is 0 Å². The van der Waals surface area contributed by atoms with E-state index in [2.05, 4.69) is 20.9 Å². The van der Waals surface area contributed by atoms with Crippen molar-refractivity contribution in [1.82, 2.24) is 4.98 Å². The van der Waals surface area contributed by atoms with Gasteiger partial charge in [-0.25, -0.2) is 9.78 Å². The van der Waals surface area contributed by atoms with Crippen LogP contribution in [0.1, 0.15) is 0 Å². The van der Waals surface area contributed by atoms with E-state index < -0.39 is 0 Å². The summed E-state index contributed by atoms with van der Waals surface area (Å²) < 4.78 is 0. The Morgan fingerprint density at radius 2 is 1.64 bits per heavy atom. The second kappa shape index (κ2) is 7.88. The van der Waals surface area contributed by atoms with E-state index in [4.69, 9.17) is 23.2 Å². The fraction of sp³-hybridized carbons (Fsp3) is 0. The van der Waals surface area contributed by atoms with Gasteiger partial charge < -0.3 is 16.0 Å². The third-order valence-electron chi connectivity index (χ3n) is 3.24. The fourth-order valence-corrected chi connectivity index (χ4v) is 2.42. The van der Waals surface area contributed by atoms with Gasteiger partial charge in [-0.1, -0.05) is 41.4 Å². The molecule has 2 aromatic carbocycles. The van der Waals surface area contributed by atoms with Crippen molar-refractivity contribution in [1.29, 1.82) is 0 Å². The Labute approximate surface area is 155 Å².